The number of halogens is 1. The van der Waals surface area contributed by atoms with Crippen molar-refractivity contribution in [2.45, 2.75) is 6.17 Å². The summed E-state index contributed by atoms with van der Waals surface area (Å²) >= 11 is 0. The molecule has 1 aliphatic heterocycles. The molecule has 37 heavy (non-hydrogen) atoms. The summed E-state index contributed by atoms with van der Waals surface area (Å²) in [6.07, 6.45) is 0.274. The number of fused-ring (bicyclic) bond motifs is 1. The molecule has 0 bridgehead atoms. The number of hydrogen-bond acceptors (Lipinski definition) is 8. The lowest BCUT2D eigenvalue weighted by molar-refractivity contribution is -0.116. The molecule has 1 unspecified atom stereocenters. The minimum Gasteiger partial charge on any atom is -0.403 e. The van der Waals surface area contributed by atoms with E-state index in [2.05, 4.69) is 42.6 Å². The maximum atomic E-state index is 14.7. The first-order valence-electron chi connectivity index (χ1n) is 11.2. The zero-order valence-electron chi connectivity index (χ0n) is 19.7. The zero-order chi connectivity index (χ0) is 25.8. The average Bonchev–Trinajstić information content (AvgIpc) is 3.34. The number of anilines is 3. The molecular formula is C26H21FN8O2. The molecule has 5 rings (SSSR count). The van der Waals surface area contributed by atoms with E-state index in [1.54, 1.807) is 6.07 Å². The molecule has 10 nitrogen and oxygen atoms in total. The Balaban J connectivity index is 1.43. The second-order valence-electron chi connectivity index (χ2n) is 7.86. The predicted molar refractivity (Wildman–Crippen MR) is 141 cm³/mol. The predicted octanol–water partition coefficient (Wildman–Crippen LogP) is 4.18. The largest absolute Gasteiger partial charge is 0.403 e. The van der Waals surface area contributed by atoms with Crippen molar-refractivity contribution in [1.82, 2.24) is 10.2 Å². The van der Waals surface area contributed by atoms with Gasteiger partial charge in [0, 0.05) is 30.5 Å². The third kappa shape index (κ3) is 4.82. The van der Waals surface area contributed by atoms with Crippen LogP contribution in [0, 0.1) is 5.82 Å². The van der Waals surface area contributed by atoms with Crippen LogP contribution in [0.4, 0.5) is 21.8 Å². The van der Waals surface area contributed by atoms with Crippen LogP contribution in [0.15, 0.2) is 92.3 Å². The molecule has 0 fully saturated rings. The SMILES string of the molecule is C=NN(/C=N\C)c1ccc(-c2nnc(NC3N=C(c4ccccc4)c4ccccc4NC3=O)o2)cc1F. The quantitative estimate of drug-likeness (QED) is 0.225. The first-order valence-corrected chi connectivity index (χ1v) is 11.2. The van der Waals surface area contributed by atoms with Crippen molar-refractivity contribution in [2.24, 2.45) is 15.1 Å². The number of amides is 1. The number of hydrogen-bond donors (Lipinski definition) is 2. The van der Waals surface area contributed by atoms with E-state index >= 15 is 0 Å². The Hall–Kier alpha value is -5.19. The summed E-state index contributed by atoms with van der Waals surface area (Å²) in [6, 6.07) is 21.2. The van der Waals surface area contributed by atoms with Gasteiger partial charge in [0.15, 0.2) is 0 Å². The monoisotopic (exact) mass is 496 g/mol. The van der Waals surface area contributed by atoms with Crippen LogP contribution in [-0.4, -0.2) is 48.1 Å². The van der Waals surface area contributed by atoms with Crippen LogP contribution in [0.3, 0.4) is 0 Å². The van der Waals surface area contributed by atoms with Crippen LogP contribution in [0.25, 0.3) is 11.5 Å². The molecule has 1 aliphatic rings. The molecule has 11 heteroatoms. The summed E-state index contributed by atoms with van der Waals surface area (Å²) in [5.74, 6) is -0.932. The van der Waals surface area contributed by atoms with Crippen molar-refractivity contribution >= 4 is 42.1 Å². The van der Waals surface area contributed by atoms with E-state index in [4.69, 9.17) is 4.42 Å². The Morgan fingerprint density at radius 3 is 2.62 bits per heavy atom. The van der Waals surface area contributed by atoms with Crippen molar-refractivity contribution in [3.8, 4) is 11.5 Å². The molecular weight excluding hydrogens is 475 g/mol. The summed E-state index contributed by atoms with van der Waals surface area (Å²) < 4.78 is 20.4. The Bertz CT molecular complexity index is 1520. The van der Waals surface area contributed by atoms with Gasteiger partial charge in [-0.25, -0.2) is 14.4 Å². The molecule has 1 atom stereocenters. The molecule has 0 spiro atoms. The molecule has 1 amide bonds. The first-order chi connectivity index (χ1) is 18.1. The number of aromatic nitrogens is 2. The minimum absolute atomic E-state index is 0.0470. The third-order valence-corrected chi connectivity index (χ3v) is 5.50. The van der Waals surface area contributed by atoms with Gasteiger partial charge < -0.3 is 15.1 Å². The summed E-state index contributed by atoms with van der Waals surface area (Å²) in [4.78, 5) is 21.5. The fourth-order valence-corrected chi connectivity index (χ4v) is 3.81. The lowest BCUT2D eigenvalue weighted by Gasteiger charge is -2.13. The highest BCUT2D eigenvalue weighted by molar-refractivity contribution is 6.19. The maximum absolute atomic E-state index is 14.7. The number of carbonyl (C=O) groups is 1. The van der Waals surface area contributed by atoms with E-state index in [9.17, 15) is 9.18 Å². The van der Waals surface area contributed by atoms with Gasteiger partial charge in [-0.2, -0.15) is 5.10 Å². The van der Waals surface area contributed by atoms with Crippen LogP contribution < -0.4 is 15.6 Å². The van der Waals surface area contributed by atoms with Crippen molar-refractivity contribution < 1.29 is 13.6 Å². The van der Waals surface area contributed by atoms with E-state index in [0.29, 0.717) is 17.0 Å². The van der Waals surface area contributed by atoms with Crippen LogP contribution in [0.2, 0.25) is 0 Å². The fourth-order valence-electron chi connectivity index (χ4n) is 3.81. The topological polar surface area (TPSA) is 120 Å². The van der Waals surface area contributed by atoms with Gasteiger partial charge in [0.2, 0.25) is 12.1 Å². The lowest BCUT2D eigenvalue weighted by atomic mass is 10.0. The van der Waals surface area contributed by atoms with Gasteiger partial charge >= 0.3 is 6.01 Å². The maximum Gasteiger partial charge on any atom is 0.317 e. The first kappa shape index (κ1) is 23.5. The second kappa shape index (κ2) is 10.2. The van der Waals surface area contributed by atoms with Gasteiger partial charge in [-0.1, -0.05) is 53.6 Å². The number of nitrogens with zero attached hydrogens (tertiary/aromatic N) is 6. The van der Waals surface area contributed by atoms with Crippen molar-refractivity contribution in [3.05, 3.63) is 89.7 Å². The van der Waals surface area contributed by atoms with Crippen molar-refractivity contribution in [2.75, 3.05) is 22.7 Å². The number of aliphatic imine (C=N–C) groups is 2. The Kier molecular flexibility index (Phi) is 6.49. The fraction of sp³-hybridized carbons (Fsp3) is 0.0769. The van der Waals surface area contributed by atoms with E-state index in [-0.39, 0.29) is 17.6 Å². The van der Waals surface area contributed by atoms with Crippen molar-refractivity contribution in [3.63, 3.8) is 0 Å². The molecule has 3 aromatic carbocycles. The summed E-state index contributed by atoms with van der Waals surface area (Å²) in [7, 11) is 1.54. The number of benzene rings is 3. The smallest absolute Gasteiger partial charge is 0.317 e. The summed E-state index contributed by atoms with van der Waals surface area (Å²) in [6.45, 7) is 3.41. The van der Waals surface area contributed by atoms with E-state index in [1.165, 1.54) is 30.5 Å². The number of nitrogens with one attached hydrogen (secondary N) is 2. The number of hydrazone groups is 1. The lowest BCUT2D eigenvalue weighted by Crippen LogP contribution is -2.32. The van der Waals surface area contributed by atoms with Crippen LogP contribution >= 0.6 is 0 Å². The molecule has 0 radical (unpaired) electrons. The van der Waals surface area contributed by atoms with Gasteiger partial charge in [0.05, 0.1) is 11.4 Å². The highest BCUT2D eigenvalue weighted by atomic mass is 19.1. The normalized spacial score (nSPS) is 14.9. The second-order valence-corrected chi connectivity index (χ2v) is 7.86. The molecule has 184 valence electrons. The highest BCUT2D eigenvalue weighted by Gasteiger charge is 2.27. The van der Waals surface area contributed by atoms with E-state index in [1.807, 2.05) is 54.6 Å². The molecule has 2 N–H and O–H groups in total. The van der Waals surface area contributed by atoms with Gasteiger partial charge in [-0.15, -0.1) is 5.10 Å². The van der Waals surface area contributed by atoms with E-state index < -0.39 is 17.9 Å². The number of rotatable bonds is 7. The van der Waals surface area contributed by atoms with Gasteiger partial charge in [-0.3, -0.25) is 9.79 Å². The summed E-state index contributed by atoms with van der Waals surface area (Å²) in [5, 5.41) is 18.6. The minimum atomic E-state index is -1.06. The van der Waals surface area contributed by atoms with Gasteiger partial charge in [0.25, 0.3) is 5.91 Å². The average molecular weight is 497 g/mol. The highest BCUT2D eigenvalue weighted by Crippen LogP contribution is 2.28. The molecule has 0 saturated heterocycles. The van der Waals surface area contributed by atoms with Gasteiger partial charge in [0.1, 0.15) is 17.8 Å². The number of carbonyl (C=O) groups excluding carboxylic acids is 1. The Labute approximate surface area is 211 Å². The van der Waals surface area contributed by atoms with Crippen LogP contribution in [0.1, 0.15) is 11.1 Å². The molecule has 2 heterocycles. The van der Waals surface area contributed by atoms with Crippen LogP contribution in [0.5, 0.6) is 0 Å². The molecule has 0 saturated carbocycles. The molecule has 4 aromatic rings. The standard InChI is InChI=1S/C26H21FN8O2/c1-28-15-35(29-2)21-13-12-17(14-19(21)27)25-33-34-26(37-25)32-23-24(36)30-20-11-7-6-10-18(20)22(31-23)16-8-4-3-5-9-16/h3-15,23H,2H2,1H3,(H,30,36)(H,32,34)/b28-15-. The number of benzodiazepines with no additional fused rings is 1. The van der Waals surface area contributed by atoms with Gasteiger partial charge in [-0.05, 0) is 24.3 Å². The third-order valence-electron chi connectivity index (χ3n) is 5.50. The van der Waals surface area contributed by atoms with E-state index in [0.717, 1.165) is 11.1 Å². The number of para-hydroxylation sites is 1. The molecule has 1 aromatic heterocycles. The molecule has 0 aliphatic carbocycles. The zero-order valence-corrected chi connectivity index (χ0v) is 19.7. The van der Waals surface area contributed by atoms with Crippen LogP contribution in [-0.2, 0) is 4.79 Å². The summed E-state index contributed by atoms with van der Waals surface area (Å²) in [5.41, 5.74) is 3.38. The Morgan fingerprint density at radius 2 is 1.86 bits per heavy atom. The Morgan fingerprint density at radius 1 is 1.08 bits per heavy atom. The van der Waals surface area contributed by atoms with Crippen molar-refractivity contribution in [1.29, 1.82) is 0 Å².